The molecule has 2 aliphatic carbocycles. The Morgan fingerprint density at radius 1 is 0.923 bits per heavy atom. The third kappa shape index (κ3) is 6.36. The predicted molar refractivity (Wildman–Crippen MR) is 155 cm³/mol. The van der Waals surface area contributed by atoms with Gasteiger partial charge in [0.2, 0.25) is 11.8 Å². The van der Waals surface area contributed by atoms with Gasteiger partial charge in [0.15, 0.2) is 5.82 Å². The molecule has 1 aromatic heterocycles. The Balaban J connectivity index is 0.000000214. The van der Waals surface area contributed by atoms with Crippen molar-refractivity contribution in [2.24, 2.45) is 5.73 Å². The molecule has 0 atom stereocenters. The van der Waals surface area contributed by atoms with E-state index in [0.29, 0.717) is 17.8 Å². The van der Waals surface area contributed by atoms with E-state index in [9.17, 15) is 9.59 Å². The van der Waals surface area contributed by atoms with E-state index in [1.54, 1.807) is 0 Å². The molecule has 7 nitrogen and oxygen atoms in total. The summed E-state index contributed by atoms with van der Waals surface area (Å²) in [5.74, 6) is 0.674. The molecular weight excluding hydrogens is 486 g/mol. The second-order valence-corrected chi connectivity index (χ2v) is 11.1. The van der Waals surface area contributed by atoms with Gasteiger partial charge in [-0.15, -0.1) is 10.2 Å². The minimum Gasteiger partial charge on any atom is -0.340 e. The molecule has 6 rings (SSSR count). The van der Waals surface area contributed by atoms with Crippen LogP contribution in [0.4, 0.5) is 5.82 Å². The third-order valence-electron chi connectivity index (χ3n) is 8.29. The van der Waals surface area contributed by atoms with Crippen LogP contribution in [0.5, 0.6) is 0 Å². The van der Waals surface area contributed by atoms with Crippen LogP contribution in [-0.2, 0) is 15.1 Å². The smallest absolute Gasteiger partial charge is 0.222 e. The number of hydrogen-bond donors (Lipinski definition) is 2. The molecule has 0 radical (unpaired) electrons. The fourth-order valence-corrected chi connectivity index (χ4v) is 5.94. The van der Waals surface area contributed by atoms with Crippen molar-refractivity contribution < 1.29 is 9.59 Å². The normalized spacial score (nSPS) is 18.6. The Morgan fingerprint density at radius 3 is 2.23 bits per heavy atom. The molecule has 2 aromatic carbocycles. The summed E-state index contributed by atoms with van der Waals surface area (Å²) < 4.78 is 0. The summed E-state index contributed by atoms with van der Waals surface area (Å²) >= 11 is 0. The highest BCUT2D eigenvalue weighted by molar-refractivity contribution is 5.90. The monoisotopic (exact) mass is 525 g/mol. The van der Waals surface area contributed by atoms with Crippen LogP contribution in [0.1, 0.15) is 76.7 Å². The first-order chi connectivity index (χ1) is 18.9. The van der Waals surface area contributed by atoms with E-state index < -0.39 is 0 Å². The molecule has 1 aliphatic heterocycles. The molecule has 3 aliphatic rings. The van der Waals surface area contributed by atoms with Crippen molar-refractivity contribution in [3.05, 3.63) is 66.2 Å². The second-order valence-electron chi connectivity index (χ2n) is 11.1. The zero-order chi connectivity index (χ0) is 27.2. The minimum atomic E-state index is -0.179. The van der Waals surface area contributed by atoms with Crippen LogP contribution in [0, 0.1) is 0 Å². The fraction of sp³-hybridized carbons (Fsp3) is 0.438. The van der Waals surface area contributed by atoms with Crippen molar-refractivity contribution in [2.45, 2.75) is 82.7 Å². The largest absolute Gasteiger partial charge is 0.340 e. The number of hydrogen-bond acceptors (Lipinski definition) is 5. The summed E-state index contributed by atoms with van der Waals surface area (Å²) in [6.45, 7) is 2.49. The zero-order valence-electron chi connectivity index (χ0n) is 22.9. The Kier molecular flexibility index (Phi) is 8.36. The lowest BCUT2D eigenvalue weighted by molar-refractivity contribution is -0.130. The highest BCUT2D eigenvalue weighted by Gasteiger charge is 2.34. The van der Waals surface area contributed by atoms with Gasteiger partial charge in [-0.2, -0.15) is 0 Å². The third-order valence-corrected chi connectivity index (χ3v) is 8.29. The summed E-state index contributed by atoms with van der Waals surface area (Å²) in [6, 6.07) is 20.7. The van der Waals surface area contributed by atoms with Crippen LogP contribution in [0.2, 0.25) is 0 Å². The van der Waals surface area contributed by atoms with E-state index in [-0.39, 0.29) is 11.4 Å². The van der Waals surface area contributed by atoms with Crippen LogP contribution < -0.4 is 11.1 Å². The lowest BCUT2D eigenvalue weighted by Gasteiger charge is -2.38. The van der Waals surface area contributed by atoms with Crippen LogP contribution in [0.25, 0.3) is 22.4 Å². The van der Waals surface area contributed by atoms with Crippen molar-refractivity contribution in [1.29, 1.82) is 0 Å². The number of carbonyl (C=O) groups is 2. The first-order valence-electron chi connectivity index (χ1n) is 14.3. The van der Waals surface area contributed by atoms with Crippen LogP contribution in [-0.4, -0.2) is 39.5 Å². The predicted octanol–water partition coefficient (Wildman–Crippen LogP) is 6.05. The summed E-state index contributed by atoms with van der Waals surface area (Å²) in [7, 11) is 0. The number of likely N-dealkylation sites (tertiary alicyclic amines) is 1. The van der Waals surface area contributed by atoms with Gasteiger partial charge in [-0.05, 0) is 55.7 Å². The molecular formula is C32H39N5O2. The molecule has 2 amide bonds. The quantitative estimate of drug-likeness (QED) is 0.422. The molecule has 3 aromatic rings. The Hall–Kier alpha value is -3.58. The van der Waals surface area contributed by atoms with E-state index >= 15 is 0 Å². The number of anilines is 1. The van der Waals surface area contributed by atoms with E-state index in [0.717, 1.165) is 54.6 Å². The standard InChI is InChI=1S/C22H22N4O.C10H17NO/c1-15(27)24-20-14-19(16-6-3-2-4-7-16)21(26-25-20)17-8-10-18(11-9-17)22(23)12-5-13-22;12-10-7-4-8-11(10)9-5-2-1-3-6-9/h2-4,6-11,14H,5,12-13,23H2,1H3,(H,24,25,27);9H,1-8H2. The number of nitrogens with one attached hydrogen (secondary N) is 1. The van der Waals surface area contributed by atoms with Crippen molar-refractivity contribution in [1.82, 2.24) is 15.1 Å². The lowest BCUT2D eigenvalue weighted by Crippen LogP contribution is -2.43. The summed E-state index contributed by atoms with van der Waals surface area (Å²) in [5, 5.41) is 11.3. The molecule has 3 N–H and O–H groups in total. The number of rotatable bonds is 5. The van der Waals surface area contributed by atoms with Gasteiger partial charge in [-0.25, -0.2) is 0 Å². The highest BCUT2D eigenvalue weighted by atomic mass is 16.2. The Labute approximate surface area is 231 Å². The van der Waals surface area contributed by atoms with Gasteiger partial charge in [0.25, 0.3) is 0 Å². The number of aromatic nitrogens is 2. The summed E-state index contributed by atoms with van der Waals surface area (Å²) in [6.07, 6.45) is 11.7. The maximum atomic E-state index is 11.4. The number of nitrogens with two attached hydrogens (primary N) is 1. The van der Waals surface area contributed by atoms with E-state index in [4.69, 9.17) is 5.73 Å². The molecule has 7 heteroatoms. The fourth-order valence-electron chi connectivity index (χ4n) is 5.94. The summed E-state index contributed by atoms with van der Waals surface area (Å²) in [4.78, 5) is 24.9. The Bertz CT molecular complexity index is 1280. The highest BCUT2D eigenvalue weighted by Crippen LogP contribution is 2.40. The van der Waals surface area contributed by atoms with Gasteiger partial charge in [0.1, 0.15) is 5.69 Å². The molecule has 0 spiro atoms. The SMILES string of the molecule is CC(=O)Nc1cc(-c2ccccc2)c(-c2ccc(C3(N)CCC3)cc2)nn1.O=C1CCCN1C1CCCCC1. The Morgan fingerprint density at radius 2 is 1.64 bits per heavy atom. The van der Waals surface area contributed by atoms with Crippen molar-refractivity contribution in [2.75, 3.05) is 11.9 Å². The van der Waals surface area contributed by atoms with Gasteiger partial charge in [0, 0.05) is 42.6 Å². The number of nitrogens with zero attached hydrogens (tertiary/aromatic N) is 3. The van der Waals surface area contributed by atoms with Gasteiger partial charge >= 0.3 is 0 Å². The van der Waals surface area contributed by atoms with E-state index in [1.165, 1.54) is 51.0 Å². The van der Waals surface area contributed by atoms with Crippen molar-refractivity contribution in [3.63, 3.8) is 0 Å². The van der Waals surface area contributed by atoms with Gasteiger partial charge in [0.05, 0.1) is 0 Å². The van der Waals surface area contributed by atoms with E-state index in [1.807, 2.05) is 36.4 Å². The van der Waals surface area contributed by atoms with Crippen LogP contribution in [0.3, 0.4) is 0 Å². The topological polar surface area (TPSA) is 101 Å². The number of amides is 2. The maximum absolute atomic E-state index is 11.4. The lowest BCUT2D eigenvalue weighted by atomic mass is 9.72. The van der Waals surface area contributed by atoms with Crippen molar-refractivity contribution in [3.8, 4) is 22.4 Å². The molecule has 204 valence electrons. The summed E-state index contributed by atoms with van der Waals surface area (Å²) in [5.41, 5.74) is 11.1. The van der Waals surface area contributed by atoms with Crippen LogP contribution >= 0.6 is 0 Å². The molecule has 2 heterocycles. The number of carbonyl (C=O) groups excluding carboxylic acids is 2. The molecule has 3 fully saturated rings. The average molecular weight is 526 g/mol. The first kappa shape index (κ1) is 27.0. The van der Waals surface area contributed by atoms with Gasteiger partial charge < -0.3 is 16.0 Å². The van der Waals surface area contributed by atoms with Gasteiger partial charge in [-0.3, -0.25) is 9.59 Å². The molecule has 2 saturated carbocycles. The van der Waals surface area contributed by atoms with Crippen LogP contribution in [0.15, 0.2) is 60.7 Å². The minimum absolute atomic E-state index is 0.172. The second kappa shape index (κ2) is 12.1. The van der Waals surface area contributed by atoms with Crippen molar-refractivity contribution >= 4 is 17.6 Å². The molecule has 0 unspecified atom stereocenters. The maximum Gasteiger partial charge on any atom is 0.222 e. The van der Waals surface area contributed by atoms with E-state index in [2.05, 4.69) is 44.7 Å². The molecule has 1 saturated heterocycles. The number of benzene rings is 2. The molecule has 39 heavy (non-hydrogen) atoms. The zero-order valence-corrected chi connectivity index (χ0v) is 22.9. The first-order valence-corrected chi connectivity index (χ1v) is 14.3. The molecule has 0 bridgehead atoms. The van der Waals surface area contributed by atoms with Gasteiger partial charge in [-0.1, -0.05) is 73.9 Å². The average Bonchev–Trinajstić information content (AvgIpc) is 3.38.